The lowest BCUT2D eigenvalue weighted by Crippen LogP contribution is -2.55. The van der Waals surface area contributed by atoms with E-state index in [1.165, 1.54) is 13.8 Å². The first-order chi connectivity index (χ1) is 12.4. The lowest BCUT2D eigenvalue weighted by Gasteiger charge is -2.32. The predicted octanol–water partition coefficient (Wildman–Crippen LogP) is 0.625. The second-order valence-electron chi connectivity index (χ2n) is 6.60. The van der Waals surface area contributed by atoms with E-state index in [1.807, 2.05) is 0 Å². The van der Waals surface area contributed by atoms with E-state index in [2.05, 4.69) is 0 Å². The summed E-state index contributed by atoms with van der Waals surface area (Å²) in [6, 6.07) is 8.52. The van der Waals surface area contributed by atoms with Crippen molar-refractivity contribution < 1.29 is 38.1 Å². The molecular weight excluding hydrogens is 344 g/mol. The van der Waals surface area contributed by atoms with Crippen LogP contribution in [-0.2, 0) is 33.3 Å². The van der Waals surface area contributed by atoms with Crippen LogP contribution in [0.4, 0.5) is 0 Å². The molecule has 8 heteroatoms. The summed E-state index contributed by atoms with van der Waals surface area (Å²) in [5.41, 5.74) is -0.661. The van der Waals surface area contributed by atoms with Crippen molar-refractivity contribution in [3.63, 3.8) is 0 Å². The Hall–Kier alpha value is -2.45. The van der Waals surface area contributed by atoms with Crippen molar-refractivity contribution in [3.8, 4) is 0 Å². The third kappa shape index (κ3) is 2.85. The molecule has 2 heterocycles. The van der Waals surface area contributed by atoms with Crippen molar-refractivity contribution in [1.82, 2.24) is 0 Å². The molecule has 0 unspecified atom stereocenters. The Kier molecular flexibility index (Phi) is 3.96. The van der Waals surface area contributed by atoms with E-state index in [0.29, 0.717) is 5.56 Å². The van der Waals surface area contributed by atoms with E-state index >= 15 is 0 Å². The van der Waals surface area contributed by atoms with Crippen LogP contribution in [0.3, 0.4) is 0 Å². The van der Waals surface area contributed by atoms with Gasteiger partial charge in [0.25, 0.3) is 0 Å². The summed E-state index contributed by atoms with van der Waals surface area (Å²) in [6.45, 7) is 2.39. The van der Waals surface area contributed by atoms with Crippen LogP contribution in [0.15, 0.2) is 30.3 Å². The van der Waals surface area contributed by atoms with Crippen LogP contribution >= 0.6 is 0 Å². The maximum Gasteiger partial charge on any atom is 0.338 e. The Morgan fingerprint density at radius 2 is 1.73 bits per heavy atom. The summed E-state index contributed by atoms with van der Waals surface area (Å²) < 4.78 is 27.4. The number of benzene rings is 1. The third-order valence-corrected chi connectivity index (χ3v) is 4.77. The maximum absolute atomic E-state index is 12.2. The molecule has 2 aliphatic heterocycles. The Morgan fingerprint density at radius 1 is 1.04 bits per heavy atom. The molecule has 8 nitrogen and oxygen atoms in total. The largest absolute Gasteiger partial charge is 0.459 e. The van der Waals surface area contributed by atoms with Gasteiger partial charge in [-0.3, -0.25) is 9.59 Å². The summed E-state index contributed by atoms with van der Waals surface area (Å²) in [4.78, 5) is 35.2. The van der Waals surface area contributed by atoms with Crippen LogP contribution in [0.2, 0.25) is 0 Å². The van der Waals surface area contributed by atoms with Gasteiger partial charge in [-0.15, -0.1) is 0 Å². The Bertz CT molecular complexity index is 747. The molecule has 1 saturated carbocycles. The van der Waals surface area contributed by atoms with Crippen LogP contribution in [-0.4, -0.2) is 60.6 Å². The SMILES string of the molecule is CC(=O)O[C@H]1[C@@H]2O[C@@H]2[C@@H]2O[C@]2(COC(=O)c2ccccc2)[C@@H]1OC(C)=O. The summed E-state index contributed by atoms with van der Waals surface area (Å²) in [7, 11) is 0. The zero-order valence-electron chi connectivity index (χ0n) is 14.2. The van der Waals surface area contributed by atoms with Gasteiger partial charge in [0, 0.05) is 13.8 Å². The molecule has 26 heavy (non-hydrogen) atoms. The number of rotatable bonds is 5. The molecule has 2 saturated heterocycles. The first-order valence-electron chi connectivity index (χ1n) is 8.32. The second kappa shape index (κ2) is 6.07. The van der Waals surface area contributed by atoms with Crippen molar-refractivity contribution in [1.29, 1.82) is 0 Å². The van der Waals surface area contributed by atoms with Gasteiger partial charge >= 0.3 is 17.9 Å². The van der Waals surface area contributed by atoms with Crippen LogP contribution in [0.1, 0.15) is 24.2 Å². The van der Waals surface area contributed by atoms with Gasteiger partial charge in [-0.05, 0) is 12.1 Å². The van der Waals surface area contributed by atoms with E-state index in [9.17, 15) is 14.4 Å². The van der Waals surface area contributed by atoms with Crippen molar-refractivity contribution in [2.75, 3.05) is 6.61 Å². The number of fused-ring (bicyclic) bond motifs is 3. The van der Waals surface area contributed by atoms with Crippen LogP contribution < -0.4 is 0 Å². The monoisotopic (exact) mass is 362 g/mol. The molecule has 0 bridgehead atoms. The number of epoxide rings is 2. The molecule has 4 rings (SSSR count). The Morgan fingerprint density at radius 3 is 2.38 bits per heavy atom. The van der Waals surface area contributed by atoms with Gasteiger partial charge in [-0.2, -0.15) is 0 Å². The van der Waals surface area contributed by atoms with E-state index in [4.69, 9.17) is 23.7 Å². The van der Waals surface area contributed by atoms with E-state index in [0.717, 1.165) is 0 Å². The lowest BCUT2D eigenvalue weighted by atomic mass is 9.84. The zero-order chi connectivity index (χ0) is 18.5. The predicted molar refractivity (Wildman–Crippen MR) is 84.1 cm³/mol. The number of hydrogen-bond donors (Lipinski definition) is 0. The average Bonchev–Trinajstić information content (AvgIpc) is 3.49. The summed E-state index contributed by atoms with van der Waals surface area (Å²) in [6.07, 6.45) is -2.71. The number of hydrogen-bond acceptors (Lipinski definition) is 8. The molecule has 3 aliphatic rings. The first kappa shape index (κ1) is 17.0. The highest BCUT2D eigenvalue weighted by Crippen LogP contribution is 2.57. The Labute approximate surface area is 149 Å². The molecule has 0 N–H and O–H groups in total. The van der Waals surface area contributed by atoms with Gasteiger partial charge in [0.15, 0.2) is 17.8 Å². The average molecular weight is 362 g/mol. The topological polar surface area (TPSA) is 104 Å². The smallest absolute Gasteiger partial charge is 0.338 e. The second-order valence-corrected chi connectivity index (χ2v) is 6.60. The lowest BCUT2D eigenvalue weighted by molar-refractivity contribution is -0.175. The molecule has 1 aromatic rings. The highest BCUT2D eigenvalue weighted by molar-refractivity contribution is 5.89. The fraction of sp³-hybridized carbons (Fsp3) is 0.500. The first-order valence-corrected chi connectivity index (χ1v) is 8.32. The van der Waals surface area contributed by atoms with Gasteiger partial charge in [0.1, 0.15) is 24.9 Å². The van der Waals surface area contributed by atoms with Crippen LogP contribution in [0, 0.1) is 0 Å². The minimum Gasteiger partial charge on any atom is -0.459 e. The molecule has 0 radical (unpaired) electrons. The molecule has 0 amide bonds. The van der Waals surface area contributed by atoms with E-state index in [-0.39, 0.29) is 24.9 Å². The molecule has 1 aromatic carbocycles. The molecule has 138 valence electrons. The van der Waals surface area contributed by atoms with E-state index < -0.39 is 35.7 Å². The normalized spacial score (nSPS) is 36.2. The molecule has 0 spiro atoms. The number of carbonyl (C=O) groups is 3. The van der Waals surface area contributed by atoms with Gasteiger partial charge in [0.2, 0.25) is 0 Å². The Balaban J connectivity index is 1.52. The summed E-state index contributed by atoms with van der Waals surface area (Å²) in [5, 5.41) is 0. The fourth-order valence-electron chi connectivity index (χ4n) is 3.57. The number of ether oxygens (including phenoxy) is 5. The van der Waals surface area contributed by atoms with Gasteiger partial charge in [0.05, 0.1) is 5.56 Å². The molecule has 0 aromatic heterocycles. The molecule has 1 aliphatic carbocycles. The van der Waals surface area contributed by atoms with Crippen LogP contribution in [0.5, 0.6) is 0 Å². The summed E-state index contributed by atoms with van der Waals surface area (Å²) >= 11 is 0. The van der Waals surface area contributed by atoms with E-state index in [1.54, 1.807) is 30.3 Å². The van der Waals surface area contributed by atoms with Gasteiger partial charge in [-0.1, -0.05) is 18.2 Å². The van der Waals surface area contributed by atoms with Crippen molar-refractivity contribution in [2.24, 2.45) is 0 Å². The number of carbonyl (C=O) groups excluding carboxylic acids is 3. The minimum atomic E-state index is -1.06. The van der Waals surface area contributed by atoms with Gasteiger partial charge < -0.3 is 23.7 Å². The third-order valence-electron chi connectivity index (χ3n) is 4.77. The van der Waals surface area contributed by atoms with Crippen molar-refractivity contribution in [2.45, 2.75) is 50.0 Å². The zero-order valence-corrected chi connectivity index (χ0v) is 14.2. The van der Waals surface area contributed by atoms with Gasteiger partial charge in [-0.25, -0.2) is 4.79 Å². The molecular formula is C18H18O8. The highest BCUT2D eigenvalue weighted by Gasteiger charge is 2.81. The summed E-state index contributed by atoms with van der Waals surface area (Å²) in [5.74, 6) is -1.58. The maximum atomic E-state index is 12.2. The van der Waals surface area contributed by atoms with Crippen LogP contribution in [0.25, 0.3) is 0 Å². The van der Waals surface area contributed by atoms with Crippen molar-refractivity contribution in [3.05, 3.63) is 35.9 Å². The molecule has 3 fully saturated rings. The molecule has 6 atom stereocenters. The standard InChI is InChI=1S/C18H18O8/c1-9(19)23-13-12-14(25-12)16-18(26-16,15(13)24-10(2)20)8-22-17(21)11-6-4-3-5-7-11/h3-7,12-16H,8H2,1-2H3/t12-,13-,14-,15+,16-,18+/m0/s1. The quantitative estimate of drug-likeness (QED) is 0.427. The van der Waals surface area contributed by atoms with Crippen molar-refractivity contribution >= 4 is 17.9 Å². The fourth-order valence-corrected chi connectivity index (χ4v) is 3.57. The number of esters is 3. The highest BCUT2D eigenvalue weighted by atomic mass is 16.7. The minimum absolute atomic E-state index is 0.131.